The lowest BCUT2D eigenvalue weighted by molar-refractivity contribution is 0.0782. The number of nitrogens with zero attached hydrogens (tertiary/aromatic N) is 1. The first kappa shape index (κ1) is 17.4. The van der Waals surface area contributed by atoms with Crippen molar-refractivity contribution < 1.29 is 19.4 Å². The zero-order valence-corrected chi connectivity index (χ0v) is 13.9. The van der Waals surface area contributed by atoms with Crippen molar-refractivity contribution in [1.82, 2.24) is 4.90 Å². The summed E-state index contributed by atoms with van der Waals surface area (Å²) >= 11 is 0. The lowest BCUT2D eigenvalue weighted by atomic mass is 10.1. The Hall–Kier alpha value is -2.95. The summed E-state index contributed by atoms with van der Waals surface area (Å²) in [6.07, 6.45) is 1.68. The summed E-state index contributed by atoms with van der Waals surface area (Å²) in [5.41, 5.74) is 1.20. The molecular weight excluding hydrogens is 306 g/mol. The zero-order chi connectivity index (χ0) is 17.5. The van der Waals surface area contributed by atoms with E-state index in [0.29, 0.717) is 18.9 Å². The average molecular weight is 327 g/mol. The highest BCUT2D eigenvalue weighted by Gasteiger charge is 2.16. The van der Waals surface area contributed by atoms with Gasteiger partial charge in [-0.15, -0.1) is 0 Å². The van der Waals surface area contributed by atoms with E-state index < -0.39 is 0 Å². The molecule has 0 radical (unpaired) electrons. The summed E-state index contributed by atoms with van der Waals surface area (Å²) in [7, 11) is 3.19. The van der Waals surface area contributed by atoms with Crippen LogP contribution in [0.4, 0.5) is 0 Å². The van der Waals surface area contributed by atoms with Crippen molar-refractivity contribution in [2.75, 3.05) is 20.8 Å². The highest BCUT2D eigenvalue weighted by atomic mass is 16.5. The molecule has 0 aromatic heterocycles. The van der Waals surface area contributed by atoms with E-state index in [1.54, 1.807) is 30.2 Å². The standard InChI is InChI=1S/C19H21NO4/c1-4-11-24-15-7-5-14(6-8-15)13-20(2)19(22)17-10-9-16(23-3)12-18(17)21/h4-10,12,21H,1,11,13H2,2-3H3. The third kappa shape index (κ3) is 4.29. The van der Waals surface area contributed by atoms with Crippen molar-refractivity contribution in [2.24, 2.45) is 0 Å². The Morgan fingerprint density at radius 2 is 1.88 bits per heavy atom. The number of phenolic OH excluding ortho intramolecular Hbond substituents is 1. The minimum Gasteiger partial charge on any atom is -0.507 e. The molecule has 24 heavy (non-hydrogen) atoms. The number of rotatable bonds is 7. The molecule has 0 saturated carbocycles. The molecule has 2 rings (SSSR count). The first-order valence-corrected chi connectivity index (χ1v) is 7.50. The second-order valence-corrected chi connectivity index (χ2v) is 5.29. The molecule has 5 heteroatoms. The van der Waals surface area contributed by atoms with Crippen molar-refractivity contribution in [3.05, 3.63) is 66.2 Å². The van der Waals surface area contributed by atoms with Gasteiger partial charge in [0.15, 0.2) is 0 Å². The van der Waals surface area contributed by atoms with Crippen molar-refractivity contribution >= 4 is 5.91 Å². The molecule has 0 spiro atoms. The van der Waals surface area contributed by atoms with E-state index in [0.717, 1.165) is 11.3 Å². The number of ether oxygens (including phenoxy) is 2. The molecule has 0 bridgehead atoms. The number of phenols is 1. The molecule has 0 atom stereocenters. The third-order valence-corrected chi connectivity index (χ3v) is 3.49. The summed E-state index contributed by atoms with van der Waals surface area (Å²) in [4.78, 5) is 14.0. The van der Waals surface area contributed by atoms with Gasteiger partial charge in [-0.1, -0.05) is 24.8 Å². The van der Waals surface area contributed by atoms with Gasteiger partial charge in [0.1, 0.15) is 23.9 Å². The minimum atomic E-state index is -0.262. The number of hydrogen-bond acceptors (Lipinski definition) is 4. The second kappa shape index (κ2) is 8.06. The fourth-order valence-corrected chi connectivity index (χ4v) is 2.22. The average Bonchev–Trinajstić information content (AvgIpc) is 2.60. The molecule has 2 aromatic rings. The Kier molecular flexibility index (Phi) is 5.84. The number of hydrogen-bond donors (Lipinski definition) is 1. The van der Waals surface area contributed by atoms with E-state index >= 15 is 0 Å². The van der Waals surface area contributed by atoms with Gasteiger partial charge in [0.25, 0.3) is 5.91 Å². The summed E-state index contributed by atoms with van der Waals surface area (Å²) in [6, 6.07) is 12.1. The lowest BCUT2D eigenvalue weighted by Gasteiger charge is -2.18. The van der Waals surface area contributed by atoms with Crippen LogP contribution in [0.1, 0.15) is 15.9 Å². The maximum absolute atomic E-state index is 12.5. The molecule has 1 N–H and O–H groups in total. The SMILES string of the molecule is C=CCOc1ccc(CN(C)C(=O)c2ccc(OC)cc2O)cc1. The highest BCUT2D eigenvalue weighted by molar-refractivity contribution is 5.96. The van der Waals surface area contributed by atoms with Crippen molar-refractivity contribution in [1.29, 1.82) is 0 Å². The van der Waals surface area contributed by atoms with Gasteiger partial charge in [-0.3, -0.25) is 4.79 Å². The number of aromatic hydroxyl groups is 1. The molecule has 0 unspecified atom stereocenters. The molecule has 1 amide bonds. The van der Waals surface area contributed by atoms with Gasteiger partial charge >= 0.3 is 0 Å². The van der Waals surface area contributed by atoms with E-state index in [-0.39, 0.29) is 17.2 Å². The first-order valence-electron chi connectivity index (χ1n) is 7.50. The molecule has 126 valence electrons. The van der Waals surface area contributed by atoms with Crippen LogP contribution in [0, 0.1) is 0 Å². The number of carbonyl (C=O) groups excluding carboxylic acids is 1. The fraction of sp³-hybridized carbons (Fsp3) is 0.211. The van der Waals surface area contributed by atoms with Gasteiger partial charge in [0.2, 0.25) is 0 Å². The van der Waals surface area contributed by atoms with Crippen LogP contribution >= 0.6 is 0 Å². The van der Waals surface area contributed by atoms with Crippen LogP contribution in [-0.4, -0.2) is 36.7 Å². The van der Waals surface area contributed by atoms with Gasteiger partial charge in [0, 0.05) is 19.7 Å². The van der Waals surface area contributed by atoms with Crippen molar-refractivity contribution in [3.63, 3.8) is 0 Å². The Bertz CT molecular complexity index is 710. The molecule has 0 heterocycles. The predicted octanol–water partition coefficient (Wildman–Crippen LogP) is 3.24. The van der Waals surface area contributed by atoms with Gasteiger partial charge in [-0.2, -0.15) is 0 Å². The molecule has 5 nitrogen and oxygen atoms in total. The number of benzene rings is 2. The fourth-order valence-electron chi connectivity index (χ4n) is 2.22. The molecule has 2 aromatic carbocycles. The van der Waals surface area contributed by atoms with Crippen LogP contribution in [0.15, 0.2) is 55.1 Å². The molecule has 0 aliphatic heterocycles. The van der Waals surface area contributed by atoms with Crippen LogP contribution in [-0.2, 0) is 6.54 Å². The second-order valence-electron chi connectivity index (χ2n) is 5.29. The van der Waals surface area contributed by atoms with E-state index in [1.165, 1.54) is 13.2 Å². The van der Waals surface area contributed by atoms with Gasteiger partial charge < -0.3 is 19.5 Å². The van der Waals surface area contributed by atoms with Crippen LogP contribution in [0.25, 0.3) is 0 Å². The summed E-state index contributed by atoms with van der Waals surface area (Å²) in [5, 5.41) is 9.97. The van der Waals surface area contributed by atoms with Crippen LogP contribution in [0.5, 0.6) is 17.2 Å². The smallest absolute Gasteiger partial charge is 0.257 e. The monoisotopic (exact) mass is 327 g/mol. The normalized spacial score (nSPS) is 10.1. The maximum Gasteiger partial charge on any atom is 0.257 e. The topological polar surface area (TPSA) is 59.0 Å². The number of methoxy groups -OCH3 is 1. The van der Waals surface area contributed by atoms with E-state index in [9.17, 15) is 9.90 Å². The zero-order valence-electron chi connectivity index (χ0n) is 13.9. The quantitative estimate of drug-likeness (QED) is 0.793. The highest BCUT2D eigenvalue weighted by Crippen LogP contribution is 2.25. The Labute approximate surface area is 141 Å². The van der Waals surface area contributed by atoms with E-state index in [1.807, 2.05) is 24.3 Å². The largest absolute Gasteiger partial charge is 0.507 e. The van der Waals surface area contributed by atoms with Gasteiger partial charge in [-0.05, 0) is 29.8 Å². The molecular formula is C19H21NO4. The maximum atomic E-state index is 12.5. The van der Waals surface area contributed by atoms with Crippen LogP contribution in [0.3, 0.4) is 0 Å². The van der Waals surface area contributed by atoms with Crippen molar-refractivity contribution in [3.8, 4) is 17.2 Å². The van der Waals surface area contributed by atoms with Crippen LogP contribution < -0.4 is 9.47 Å². The van der Waals surface area contributed by atoms with E-state index in [2.05, 4.69) is 6.58 Å². The third-order valence-electron chi connectivity index (χ3n) is 3.49. The summed E-state index contributed by atoms with van der Waals surface area (Å²) in [6.45, 7) is 4.48. The van der Waals surface area contributed by atoms with Crippen molar-refractivity contribution in [2.45, 2.75) is 6.54 Å². The molecule has 0 saturated heterocycles. The lowest BCUT2D eigenvalue weighted by Crippen LogP contribution is -2.26. The Morgan fingerprint density at radius 3 is 2.46 bits per heavy atom. The predicted molar refractivity (Wildman–Crippen MR) is 92.6 cm³/mol. The van der Waals surface area contributed by atoms with Gasteiger partial charge in [-0.25, -0.2) is 0 Å². The van der Waals surface area contributed by atoms with Gasteiger partial charge in [0.05, 0.1) is 12.7 Å². The summed E-state index contributed by atoms with van der Waals surface area (Å²) in [5.74, 6) is 0.892. The van der Waals surface area contributed by atoms with E-state index in [4.69, 9.17) is 9.47 Å². The number of carbonyl (C=O) groups is 1. The summed E-state index contributed by atoms with van der Waals surface area (Å²) < 4.78 is 10.4. The Morgan fingerprint density at radius 1 is 1.21 bits per heavy atom. The minimum absolute atomic E-state index is 0.0978. The Balaban J connectivity index is 2.04. The number of amides is 1. The molecule has 0 fully saturated rings. The first-order chi connectivity index (χ1) is 11.5. The molecule has 0 aliphatic rings. The molecule has 0 aliphatic carbocycles. The van der Waals surface area contributed by atoms with Crippen LogP contribution in [0.2, 0.25) is 0 Å².